The van der Waals surface area contributed by atoms with Gasteiger partial charge < -0.3 is 10.6 Å². The zero-order valence-corrected chi connectivity index (χ0v) is 19.5. The Hall–Kier alpha value is -2.88. The lowest BCUT2D eigenvalue weighted by molar-refractivity contribution is -0.138. The average Bonchev–Trinajstić information content (AvgIpc) is 3.37. The van der Waals surface area contributed by atoms with Gasteiger partial charge >= 0.3 is 6.18 Å². The minimum Gasteiger partial charge on any atom is -0.369 e. The molecular formula is C25H30F3N5O2. The number of alkyl halides is 3. The summed E-state index contributed by atoms with van der Waals surface area (Å²) in [4.78, 5) is 28.6. The fourth-order valence-corrected chi connectivity index (χ4v) is 5.67. The third-order valence-corrected chi connectivity index (χ3v) is 7.45. The molecule has 35 heavy (non-hydrogen) atoms. The first kappa shape index (κ1) is 23.8. The zero-order chi connectivity index (χ0) is 24.7. The maximum absolute atomic E-state index is 13.7. The van der Waals surface area contributed by atoms with Gasteiger partial charge in [0.1, 0.15) is 0 Å². The molecule has 7 nitrogen and oxygen atoms in total. The van der Waals surface area contributed by atoms with Gasteiger partial charge in [-0.15, -0.1) is 0 Å². The fourth-order valence-electron chi connectivity index (χ4n) is 5.67. The lowest BCUT2D eigenvalue weighted by Crippen LogP contribution is -2.40. The summed E-state index contributed by atoms with van der Waals surface area (Å²) in [7, 11) is 0. The predicted molar refractivity (Wildman–Crippen MR) is 123 cm³/mol. The van der Waals surface area contributed by atoms with Gasteiger partial charge in [0, 0.05) is 25.6 Å². The van der Waals surface area contributed by atoms with Crippen LogP contribution in [0.15, 0.2) is 30.5 Å². The van der Waals surface area contributed by atoms with Crippen molar-refractivity contribution in [2.75, 3.05) is 26.2 Å². The fraction of sp³-hybridized carbons (Fsp3) is 0.560. The molecule has 1 aromatic carbocycles. The van der Waals surface area contributed by atoms with E-state index >= 15 is 0 Å². The maximum atomic E-state index is 13.7. The summed E-state index contributed by atoms with van der Waals surface area (Å²) in [6.07, 6.45) is 1.86. The van der Waals surface area contributed by atoms with E-state index in [2.05, 4.69) is 5.10 Å². The van der Waals surface area contributed by atoms with Crippen molar-refractivity contribution in [3.05, 3.63) is 52.8 Å². The quantitative estimate of drug-likeness (QED) is 0.668. The summed E-state index contributed by atoms with van der Waals surface area (Å²) >= 11 is 0. The van der Waals surface area contributed by atoms with Crippen LogP contribution in [-0.4, -0.2) is 57.6 Å². The van der Waals surface area contributed by atoms with E-state index in [-0.39, 0.29) is 35.9 Å². The molecule has 0 spiro atoms. The SMILES string of the molecule is NC(=O)CN1CCC(n2ncc(C(=O)N3CCCC3c3ccccc3C(F)(F)F)c2C2CC2)CC1. The maximum Gasteiger partial charge on any atom is 0.416 e. The number of rotatable bonds is 6. The highest BCUT2D eigenvalue weighted by atomic mass is 19.4. The molecule has 3 fully saturated rings. The molecule has 1 saturated carbocycles. The lowest BCUT2D eigenvalue weighted by Gasteiger charge is -2.32. The number of nitrogens with zero attached hydrogens (tertiary/aromatic N) is 4. The van der Waals surface area contributed by atoms with Crippen LogP contribution in [0.2, 0.25) is 0 Å². The van der Waals surface area contributed by atoms with Crippen LogP contribution in [0.1, 0.15) is 83.7 Å². The van der Waals surface area contributed by atoms with Gasteiger partial charge in [0.15, 0.2) is 0 Å². The second-order valence-electron chi connectivity index (χ2n) is 9.88. The number of hydrogen-bond donors (Lipinski definition) is 1. The van der Waals surface area contributed by atoms with Gasteiger partial charge in [-0.3, -0.25) is 19.2 Å². The third-order valence-electron chi connectivity index (χ3n) is 7.45. The summed E-state index contributed by atoms with van der Waals surface area (Å²) in [6, 6.07) is 5.09. The van der Waals surface area contributed by atoms with Crippen molar-refractivity contribution >= 4 is 11.8 Å². The molecule has 1 atom stereocenters. The second kappa shape index (κ2) is 9.29. The van der Waals surface area contributed by atoms with Gasteiger partial charge in [-0.25, -0.2) is 0 Å². The number of primary amides is 1. The molecule has 5 rings (SSSR count). The highest BCUT2D eigenvalue weighted by Crippen LogP contribution is 2.45. The highest BCUT2D eigenvalue weighted by molar-refractivity contribution is 5.96. The monoisotopic (exact) mass is 489 g/mol. The van der Waals surface area contributed by atoms with E-state index in [9.17, 15) is 22.8 Å². The summed E-state index contributed by atoms with van der Waals surface area (Å²) in [5.74, 6) is -0.325. The van der Waals surface area contributed by atoms with E-state index in [0.717, 1.165) is 50.5 Å². The molecule has 0 bridgehead atoms. The number of likely N-dealkylation sites (tertiary alicyclic amines) is 2. The summed E-state index contributed by atoms with van der Waals surface area (Å²) in [5, 5.41) is 4.61. The summed E-state index contributed by atoms with van der Waals surface area (Å²) < 4.78 is 43.0. The topological polar surface area (TPSA) is 84.5 Å². The Bertz CT molecular complexity index is 1100. The number of piperidine rings is 1. The van der Waals surface area contributed by atoms with Crippen LogP contribution in [0.3, 0.4) is 0 Å². The van der Waals surface area contributed by atoms with Crippen LogP contribution >= 0.6 is 0 Å². The summed E-state index contributed by atoms with van der Waals surface area (Å²) in [5.41, 5.74) is 6.24. The van der Waals surface area contributed by atoms with Crippen LogP contribution < -0.4 is 5.73 Å². The lowest BCUT2D eigenvalue weighted by atomic mass is 9.97. The molecule has 1 unspecified atom stereocenters. The number of benzene rings is 1. The van der Waals surface area contributed by atoms with Crippen LogP contribution in [0, 0.1) is 0 Å². The molecular weight excluding hydrogens is 459 g/mol. The van der Waals surface area contributed by atoms with Gasteiger partial charge in [0.05, 0.1) is 41.6 Å². The van der Waals surface area contributed by atoms with E-state index in [1.807, 2.05) is 9.58 Å². The second-order valence-corrected chi connectivity index (χ2v) is 9.88. The van der Waals surface area contributed by atoms with Crippen molar-refractivity contribution in [3.63, 3.8) is 0 Å². The number of nitrogens with two attached hydrogens (primary N) is 1. The van der Waals surface area contributed by atoms with E-state index in [1.54, 1.807) is 17.2 Å². The van der Waals surface area contributed by atoms with Gasteiger partial charge in [-0.05, 0) is 50.2 Å². The van der Waals surface area contributed by atoms with Gasteiger partial charge in [0.25, 0.3) is 5.91 Å². The predicted octanol–water partition coefficient (Wildman–Crippen LogP) is 3.88. The summed E-state index contributed by atoms with van der Waals surface area (Å²) in [6.45, 7) is 2.11. The molecule has 188 valence electrons. The normalized spacial score (nSPS) is 22.0. The van der Waals surface area contributed by atoms with Gasteiger partial charge in [-0.1, -0.05) is 18.2 Å². The Morgan fingerprint density at radius 2 is 1.74 bits per heavy atom. The molecule has 1 aromatic heterocycles. The van der Waals surface area contributed by atoms with Crippen molar-refractivity contribution in [1.82, 2.24) is 19.6 Å². The molecule has 0 radical (unpaired) electrons. The van der Waals surface area contributed by atoms with Crippen LogP contribution in [0.4, 0.5) is 13.2 Å². The van der Waals surface area contributed by atoms with E-state index < -0.39 is 17.8 Å². The highest BCUT2D eigenvalue weighted by Gasteiger charge is 2.41. The molecule has 2 aliphatic heterocycles. The molecule has 2 N–H and O–H groups in total. The zero-order valence-electron chi connectivity index (χ0n) is 19.5. The first-order valence-corrected chi connectivity index (χ1v) is 12.3. The molecule has 2 saturated heterocycles. The van der Waals surface area contributed by atoms with Gasteiger partial charge in [0.2, 0.25) is 5.91 Å². The van der Waals surface area contributed by atoms with E-state index in [1.165, 1.54) is 12.1 Å². The largest absolute Gasteiger partial charge is 0.416 e. The Morgan fingerprint density at radius 1 is 1.03 bits per heavy atom. The third kappa shape index (κ3) is 4.80. The average molecular weight is 490 g/mol. The Kier molecular flexibility index (Phi) is 6.33. The van der Waals surface area contributed by atoms with E-state index in [0.29, 0.717) is 24.9 Å². The molecule has 1 aliphatic carbocycles. The van der Waals surface area contributed by atoms with Crippen molar-refractivity contribution in [2.45, 2.75) is 62.7 Å². The van der Waals surface area contributed by atoms with Crippen molar-refractivity contribution in [2.24, 2.45) is 5.73 Å². The molecule has 2 aromatic rings. The molecule has 3 heterocycles. The minimum absolute atomic E-state index is 0.122. The first-order valence-electron chi connectivity index (χ1n) is 12.3. The van der Waals surface area contributed by atoms with E-state index in [4.69, 9.17) is 5.73 Å². The Balaban J connectivity index is 1.40. The number of halogens is 3. The van der Waals surface area contributed by atoms with Crippen LogP contribution in [-0.2, 0) is 11.0 Å². The van der Waals surface area contributed by atoms with Crippen molar-refractivity contribution < 1.29 is 22.8 Å². The Morgan fingerprint density at radius 3 is 2.40 bits per heavy atom. The first-order chi connectivity index (χ1) is 16.7. The van der Waals surface area contributed by atoms with Crippen molar-refractivity contribution in [3.8, 4) is 0 Å². The number of hydrogen-bond acceptors (Lipinski definition) is 4. The van der Waals surface area contributed by atoms with Crippen molar-refractivity contribution in [1.29, 1.82) is 0 Å². The number of carbonyl (C=O) groups excluding carboxylic acids is 2. The Labute approximate surface area is 202 Å². The van der Waals surface area contributed by atoms with Crippen LogP contribution in [0.5, 0.6) is 0 Å². The number of carbonyl (C=O) groups is 2. The molecule has 2 amide bonds. The van der Waals surface area contributed by atoms with Gasteiger partial charge in [-0.2, -0.15) is 18.3 Å². The molecule has 10 heteroatoms. The molecule has 3 aliphatic rings. The number of aromatic nitrogens is 2. The smallest absolute Gasteiger partial charge is 0.369 e. The standard InChI is InChI=1S/C25H30F3N5O2/c26-25(27,28)20-5-2-1-4-18(20)21-6-3-11-32(21)24(35)19-14-30-33(23(19)16-7-8-16)17-9-12-31(13-10-17)15-22(29)34/h1-2,4-5,14,16-17,21H,3,6-13,15H2,(H2,29,34). The van der Waals surface area contributed by atoms with Crippen LogP contribution in [0.25, 0.3) is 0 Å². The minimum atomic E-state index is -4.47. The number of amides is 2.